The summed E-state index contributed by atoms with van der Waals surface area (Å²) in [6.07, 6.45) is 1.70. The summed E-state index contributed by atoms with van der Waals surface area (Å²) in [5, 5.41) is 7.08. The summed E-state index contributed by atoms with van der Waals surface area (Å²) in [6, 6.07) is 16.2. The number of nitrogens with zero attached hydrogens (tertiary/aromatic N) is 2. The average molecular weight is 413 g/mol. The number of methoxy groups -OCH3 is 2. The smallest absolute Gasteiger partial charge is 0.243 e. The molecule has 0 radical (unpaired) electrons. The number of H-pyrrole nitrogens is 1. The zero-order chi connectivity index (χ0) is 20.4. The van der Waals surface area contributed by atoms with Crippen LogP contribution in [-0.4, -0.2) is 50.2 Å². The summed E-state index contributed by atoms with van der Waals surface area (Å²) in [6.45, 7) is 0.775. The second-order valence-corrected chi connectivity index (χ2v) is 8.93. The standard InChI is InChI=1S/C21H23N3O4S/c1-27-16-5-3-15(4-6-16)19-13-24(14-20(19)21-11-12-22-23-21)29(25,26)18-9-7-17(28-2)8-10-18/h3-12,19-20H,13-14H2,1-2H3,(H,22,23)/t19-,20+/m0/s1. The maximum Gasteiger partial charge on any atom is 0.243 e. The van der Waals surface area contributed by atoms with E-state index in [1.165, 1.54) is 0 Å². The summed E-state index contributed by atoms with van der Waals surface area (Å²) in [7, 11) is -0.442. The van der Waals surface area contributed by atoms with E-state index in [1.54, 1.807) is 49.0 Å². The van der Waals surface area contributed by atoms with E-state index in [2.05, 4.69) is 10.2 Å². The fourth-order valence-electron chi connectivity index (χ4n) is 3.84. The molecule has 8 heteroatoms. The van der Waals surface area contributed by atoms with Gasteiger partial charge in [0, 0.05) is 36.8 Å². The SMILES string of the molecule is COc1ccc([C@@H]2CN(S(=O)(=O)c3ccc(OC)cc3)C[C@H]2c2ccn[nH]2)cc1. The Morgan fingerprint density at radius 3 is 2.03 bits per heavy atom. The normalized spacial score (nSPS) is 19.9. The van der Waals surface area contributed by atoms with Gasteiger partial charge in [0.05, 0.1) is 19.1 Å². The van der Waals surface area contributed by atoms with Crippen LogP contribution < -0.4 is 9.47 Å². The van der Waals surface area contributed by atoms with Gasteiger partial charge in [0.25, 0.3) is 0 Å². The Labute approximate surface area is 170 Å². The van der Waals surface area contributed by atoms with Gasteiger partial charge < -0.3 is 9.47 Å². The molecule has 152 valence electrons. The molecule has 1 saturated heterocycles. The minimum atomic E-state index is -3.62. The molecule has 1 N–H and O–H groups in total. The van der Waals surface area contributed by atoms with Crippen LogP contribution in [0.1, 0.15) is 23.1 Å². The molecule has 0 saturated carbocycles. The van der Waals surface area contributed by atoms with Crippen LogP contribution >= 0.6 is 0 Å². The molecule has 4 rings (SSSR count). The number of sulfonamides is 1. The van der Waals surface area contributed by atoms with Gasteiger partial charge in [0.1, 0.15) is 11.5 Å². The number of aromatic amines is 1. The Bertz CT molecular complexity index is 1050. The number of nitrogens with one attached hydrogen (secondary N) is 1. The zero-order valence-electron chi connectivity index (χ0n) is 16.3. The quantitative estimate of drug-likeness (QED) is 0.672. The fraction of sp³-hybridized carbons (Fsp3) is 0.286. The third-order valence-corrected chi connectivity index (χ3v) is 7.30. The molecular weight excluding hydrogens is 390 g/mol. The molecule has 3 aromatic rings. The second-order valence-electron chi connectivity index (χ2n) is 7.00. The van der Waals surface area contributed by atoms with E-state index in [4.69, 9.17) is 9.47 Å². The summed E-state index contributed by atoms with van der Waals surface area (Å²) >= 11 is 0. The maximum absolute atomic E-state index is 13.3. The Kier molecular flexibility index (Phi) is 5.29. The van der Waals surface area contributed by atoms with Crippen LogP contribution in [0, 0.1) is 0 Å². The van der Waals surface area contributed by atoms with Crippen molar-refractivity contribution < 1.29 is 17.9 Å². The van der Waals surface area contributed by atoms with E-state index >= 15 is 0 Å². The number of hydrogen-bond acceptors (Lipinski definition) is 5. The first-order valence-electron chi connectivity index (χ1n) is 9.30. The third kappa shape index (κ3) is 3.73. The Balaban J connectivity index is 1.66. The molecule has 1 aliphatic heterocycles. The van der Waals surface area contributed by atoms with E-state index < -0.39 is 10.0 Å². The number of rotatable bonds is 6. The molecule has 29 heavy (non-hydrogen) atoms. The molecule has 1 aromatic heterocycles. The van der Waals surface area contributed by atoms with E-state index in [-0.39, 0.29) is 16.7 Å². The number of hydrogen-bond donors (Lipinski definition) is 1. The Morgan fingerprint density at radius 2 is 1.48 bits per heavy atom. The lowest BCUT2D eigenvalue weighted by atomic mass is 9.87. The number of ether oxygens (including phenoxy) is 2. The van der Waals surface area contributed by atoms with Crippen molar-refractivity contribution in [3.8, 4) is 11.5 Å². The van der Waals surface area contributed by atoms with Gasteiger partial charge in [-0.05, 0) is 48.0 Å². The molecular formula is C21H23N3O4S. The lowest BCUT2D eigenvalue weighted by Gasteiger charge is -2.17. The minimum absolute atomic E-state index is 0.00868. The van der Waals surface area contributed by atoms with Gasteiger partial charge in [-0.15, -0.1) is 0 Å². The molecule has 0 amide bonds. The zero-order valence-corrected chi connectivity index (χ0v) is 17.1. The first kappa shape index (κ1) is 19.5. The first-order valence-corrected chi connectivity index (χ1v) is 10.7. The highest BCUT2D eigenvalue weighted by Gasteiger charge is 2.41. The van der Waals surface area contributed by atoms with Crippen LogP contribution in [0.4, 0.5) is 0 Å². The van der Waals surface area contributed by atoms with Crippen molar-refractivity contribution in [1.82, 2.24) is 14.5 Å². The van der Waals surface area contributed by atoms with Crippen molar-refractivity contribution in [3.63, 3.8) is 0 Å². The highest BCUT2D eigenvalue weighted by molar-refractivity contribution is 7.89. The monoisotopic (exact) mass is 413 g/mol. The summed E-state index contributed by atoms with van der Waals surface area (Å²) in [4.78, 5) is 0.261. The first-order chi connectivity index (χ1) is 14.0. The highest BCUT2D eigenvalue weighted by Crippen LogP contribution is 2.41. The summed E-state index contributed by atoms with van der Waals surface area (Å²) in [5.74, 6) is 1.39. The molecule has 1 fully saturated rings. The Morgan fingerprint density at radius 1 is 0.897 bits per heavy atom. The molecule has 0 spiro atoms. The third-order valence-electron chi connectivity index (χ3n) is 5.45. The highest BCUT2D eigenvalue weighted by atomic mass is 32.2. The van der Waals surface area contributed by atoms with Crippen molar-refractivity contribution in [3.05, 3.63) is 72.1 Å². The van der Waals surface area contributed by atoms with Crippen LogP contribution in [0.3, 0.4) is 0 Å². The molecule has 0 bridgehead atoms. The lowest BCUT2D eigenvalue weighted by Crippen LogP contribution is -2.29. The number of aromatic nitrogens is 2. The van der Waals surface area contributed by atoms with Gasteiger partial charge in [-0.1, -0.05) is 12.1 Å². The van der Waals surface area contributed by atoms with Gasteiger partial charge >= 0.3 is 0 Å². The summed E-state index contributed by atoms with van der Waals surface area (Å²) in [5.41, 5.74) is 2.00. The van der Waals surface area contributed by atoms with Gasteiger partial charge in [-0.2, -0.15) is 9.40 Å². The lowest BCUT2D eigenvalue weighted by molar-refractivity contribution is 0.414. The molecule has 1 aliphatic rings. The summed E-state index contributed by atoms with van der Waals surface area (Å²) < 4.78 is 38.5. The van der Waals surface area contributed by atoms with Crippen LogP contribution in [-0.2, 0) is 10.0 Å². The van der Waals surface area contributed by atoms with E-state index in [9.17, 15) is 8.42 Å². The van der Waals surface area contributed by atoms with E-state index in [0.717, 1.165) is 17.0 Å². The Hall–Kier alpha value is -2.84. The van der Waals surface area contributed by atoms with Gasteiger partial charge in [-0.25, -0.2) is 8.42 Å². The molecule has 0 aliphatic carbocycles. The van der Waals surface area contributed by atoms with Crippen molar-refractivity contribution in [2.24, 2.45) is 0 Å². The van der Waals surface area contributed by atoms with Gasteiger partial charge in [0.15, 0.2) is 0 Å². The largest absolute Gasteiger partial charge is 0.497 e. The van der Waals surface area contributed by atoms with Crippen molar-refractivity contribution >= 4 is 10.0 Å². The maximum atomic E-state index is 13.3. The van der Waals surface area contributed by atoms with Crippen LogP contribution in [0.2, 0.25) is 0 Å². The molecule has 2 heterocycles. The van der Waals surface area contributed by atoms with E-state index in [0.29, 0.717) is 18.8 Å². The molecule has 2 atom stereocenters. The molecule has 0 unspecified atom stereocenters. The predicted octanol–water partition coefficient (Wildman–Crippen LogP) is 3.00. The van der Waals surface area contributed by atoms with Crippen molar-refractivity contribution in [2.45, 2.75) is 16.7 Å². The van der Waals surface area contributed by atoms with Crippen LogP contribution in [0.25, 0.3) is 0 Å². The minimum Gasteiger partial charge on any atom is -0.497 e. The number of benzene rings is 2. The van der Waals surface area contributed by atoms with Crippen molar-refractivity contribution in [2.75, 3.05) is 27.3 Å². The topological polar surface area (TPSA) is 84.5 Å². The average Bonchev–Trinajstić information content (AvgIpc) is 3.44. The van der Waals surface area contributed by atoms with Gasteiger partial charge in [0.2, 0.25) is 10.0 Å². The predicted molar refractivity (Wildman–Crippen MR) is 109 cm³/mol. The van der Waals surface area contributed by atoms with Gasteiger partial charge in [-0.3, -0.25) is 5.10 Å². The van der Waals surface area contributed by atoms with E-state index in [1.807, 2.05) is 30.3 Å². The van der Waals surface area contributed by atoms with Crippen LogP contribution in [0.15, 0.2) is 65.7 Å². The fourth-order valence-corrected chi connectivity index (χ4v) is 5.33. The van der Waals surface area contributed by atoms with Crippen molar-refractivity contribution in [1.29, 1.82) is 0 Å². The second kappa shape index (κ2) is 7.88. The molecule has 2 aromatic carbocycles. The van der Waals surface area contributed by atoms with Crippen LogP contribution in [0.5, 0.6) is 11.5 Å². The molecule has 7 nitrogen and oxygen atoms in total.